The Labute approximate surface area is 163 Å². The average molecular weight is 376 g/mol. The fourth-order valence-electron chi connectivity index (χ4n) is 3.70. The summed E-state index contributed by atoms with van der Waals surface area (Å²) in [7, 11) is 3.61. The van der Waals surface area contributed by atoms with Crippen LogP contribution in [-0.2, 0) is 0 Å². The second-order valence-electron chi connectivity index (χ2n) is 6.97. The number of nitrogens with zero attached hydrogens (tertiary/aromatic N) is 4. The lowest BCUT2D eigenvalue weighted by molar-refractivity contribution is 0.312. The molecule has 0 atom stereocenters. The Balaban J connectivity index is 1.92. The summed E-state index contributed by atoms with van der Waals surface area (Å²) in [4.78, 5) is 9.20. The summed E-state index contributed by atoms with van der Waals surface area (Å²) in [6, 6.07) is 12.6. The average Bonchev–Trinajstić information content (AvgIpc) is 2.73. The highest BCUT2D eigenvalue weighted by Gasteiger charge is 2.21. The molecule has 3 aromatic rings. The number of rotatable bonds is 3. The number of pyridine rings is 1. The molecule has 0 unspecified atom stereocenters. The van der Waals surface area contributed by atoms with E-state index in [1.54, 1.807) is 24.4 Å². The minimum Gasteiger partial charge on any atom is -0.497 e. The molecule has 4 rings (SSSR count). The summed E-state index contributed by atoms with van der Waals surface area (Å²) in [5.74, 6) is 0.897. The van der Waals surface area contributed by atoms with Crippen molar-refractivity contribution in [3.8, 4) is 22.9 Å². The number of benzene rings is 2. The van der Waals surface area contributed by atoms with Crippen molar-refractivity contribution in [3.63, 3.8) is 0 Å². The van der Waals surface area contributed by atoms with Crippen LogP contribution in [0.25, 0.3) is 21.9 Å². The highest BCUT2D eigenvalue weighted by Crippen LogP contribution is 2.37. The first-order valence-electron chi connectivity index (χ1n) is 9.21. The Kier molecular flexibility index (Phi) is 4.84. The Morgan fingerprint density at radius 3 is 2.57 bits per heavy atom. The van der Waals surface area contributed by atoms with Gasteiger partial charge in [0, 0.05) is 60.3 Å². The zero-order chi connectivity index (χ0) is 19.7. The van der Waals surface area contributed by atoms with Gasteiger partial charge >= 0.3 is 0 Å². The molecule has 0 aliphatic carbocycles. The number of methoxy groups -OCH3 is 1. The quantitative estimate of drug-likeness (QED) is 0.698. The van der Waals surface area contributed by atoms with Crippen molar-refractivity contribution in [2.45, 2.75) is 0 Å². The minimum absolute atomic E-state index is 0.400. The fraction of sp³-hybridized carbons (Fsp3) is 0.273. The molecule has 5 nitrogen and oxygen atoms in total. The van der Waals surface area contributed by atoms with E-state index in [1.807, 2.05) is 12.1 Å². The summed E-state index contributed by atoms with van der Waals surface area (Å²) in [5.41, 5.74) is 1.54. The van der Waals surface area contributed by atoms with Crippen LogP contribution < -0.4 is 9.64 Å². The van der Waals surface area contributed by atoms with Crippen LogP contribution >= 0.6 is 0 Å². The number of ether oxygens (including phenoxy) is 1. The predicted molar refractivity (Wildman–Crippen MR) is 108 cm³/mol. The molecular weight excluding hydrogens is 355 g/mol. The zero-order valence-corrected chi connectivity index (χ0v) is 15.9. The van der Waals surface area contributed by atoms with Gasteiger partial charge in [-0.1, -0.05) is 12.1 Å². The van der Waals surface area contributed by atoms with E-state index in [-0.39, 0.29) is 0 Å². The van der Waals surface area contributed by atoms with Gasteiger partial charge in [0.05, 0.1) is 18.7 Å². The number of likely N-dealkylation sites (N-methyl/N-ethyl adjacent to an activating group) is 1. The number of hydrogen-bond acceptors (Lipinski definition) is 5. The molecule has 0 saturated carbocycles. The van der Waals surface area contributed by atoms with Gasteiger partial charge in [0.25, 0.3) is 0 Å². The van der Waals surface area contributed by atoms with Crippen LogP contribution in [-0.4, -0.2) is 50.2 Å². The van der Waals surface area contributed by atoms with Gasteiger partial charge in [-0.25, -0.2) is 9.37 Å². The van der Waals surface area contributed by atoms with Gasteiger partial charge in [-0.05, 0) is 25.2 Å². The van der Waals surface area contributed by atoms with Gasteiger partial charge in [-0.2, -0.15) is 5.26 Å². The Morgan fingerprint density at radius 2 is 1.89 bits per heavy atom. The summed E-state index contributed by atoms with van der Waals surface area (Å²) in [6.07, 6.45) is 1.68. The summed E-state index contributed by atoms with van der Waals surface area (Å²) in [6.45, 7) is 3.64. The maximum absolute atomic E-state index is 14.8. The Morgan fingerprint density at radius 1 is 1.11 bits per heavy atom. The molecule has 0 amide bonds. The molecular formula is C22H21FN4O. The molecule has 2 aromatic carbocycles. The topological polar surface area (TPSA) is 52.4 Å². The maximum atomic E-state index is 14.8. The van der Waals surface area contributed by atoms with Gasteiger partial charge in [-0.15, -0.1) is 0 Å². The number of fused-ring (bicyclic) bond motifs is 1. The van der Waals surface area contributed by atoms with E-state index >= 15 is 0 Å². The first kappa shape index (κ1) is 18.2. The smallest absolute Gasteiger partial charge is 0.136 e. The van der Waals surface area contributed by atoms with Crippen molar-refractivity contribution >= 4 is 16.6 Å². The summed E-state index contributed by atoms with van der Waals surface area (Å²) >= 11 is 0. The number of aromatic nitrogens is 1. The number of nitriles is 1. The largest absolute Gasteiger partial charge is 0.497 e. The molecule has 1 saturated heterocycles. The minimum atomic E-state index is -0.400. The number of halogens is 1. The van der Waals surface area contributed by atoms with E-state index in [0.717, 1.165) is 42.8 Å². The highest BCUT2D eigenvalue weighted by molar-refractivity contribution is 6.05. The van der Waals surface area contributed by atoms with Crippen LogP contribution in [0.3, 0.4) is 0 Å². The molecule has 1 aromatic heterocycles. The maximum Gasteiger partial charge on any atom is 0.136 e. The second-order valence-corrected chi connectivity index (χ2v) is 6.97. The van der Waals surface area contributed by atoms with Gasteiger partial charge in [0.1, 0.15) is 17.4 Å². The normalized spacial score (nSPS) is 14.9. The van der Waals surface area contributed by atoms with Crippen molar-refractivity contribution in [2.75, 3.05) is 45.2 Å². The third-order valence-electron chi connectivity index (χ3n) is 5.28. The van der Waals surface area contributed by atoms with Crippen molar-refractivity contribution in [3.05, 3.63) is 54.0 Å². The summed E-state index contributed by atoms with van der Waals surface area (Å²) in [5, 5.41) is 11.3. The standard InChI is InChI=1S/C22H21FN4O/c1-26-8-10-27(11-9-26)22-18-5-3-4-15(13-24)21(18)19(14-25-22)17-7-6-16(28-2)12-20(17)23/h3-7,12,14H,8-11H2,1-2H3. The molecule has 6 heteroatoms. The predicted octanol–water partition coefficient (Wildman–Crippen LogP) is 3.67. The van der Waals surface area contributed by atoms with Crippen LogP contribution in [0.4, 0.5) is 10.2 Å². The lowest BCUT2D eigenvalue weighted by Gasteiger charge is -2.34. The zero-order valence-electron chi connectivity index (χ0n) is 15.9. The monoisotopic (exact) mass is 376 g/mol. The number of anilines is 1. The van der Waals surface area contributed by atoms with Crippen molar-refractivity contribution in [1.82, 2.24) is 9.88 Å². The molecule has 0 N–H and O–H groups in total. The Bertz CT molecular complexity index is 1070. The summed E-state index contributed by atoms with van der Waals surface area (Å²) < 4.78 is 19.9. The number of piperazine rings is 1. The molecule has 0 spiro atoms. The van der Waals surface area contributed by atoms with Crippen LogP contribution in [0.2, 0.25) is 0 Å². The lowest BCUT2D eigenvalue weighted by atomic mass is 9.96. The molecule has 0 bridgehead atoms. The van der Waals surface area contributed by atoms with E-state index in [1.165, 1.54) is 13.2 Å². The molecule has 1 aliphatic rings. The Hall–Kier alpha value is -3.17. The van der Waals surface area contributed by atoms with Gasteiger partial charge in [-0.3, -0.25) is 0 Å². The third kappa shape index (κ3) is 3.14. The molecule has 0 radical (unpaired) electrons. The van der Waals surface area contributed by atoms with Crippen LogP contribution in [0, 0.1) is 17.1 Å². The third-order valence-corrected chi connectivity index (χ3v) is 5.28. The highest BCUT2D eigenvalue weighted by atomic mass is 19.1. The van der Waals surface area contributed by atoms with E-state index in [4.69, 9.17) is 9.72 Å². The van der Waals surface area contributed by atoms with Crippen molar-refractivity contribution in [2.24, 2.45) is 0 Å². The lowest BCUT2D eigenvalue weighted by Crippen LogP contribution is -2.44. The first-order chi connectivity index (χ1) is 13.6. The van der Waals surface area contributed by atoms with Gasteiger partial charge < -0.3 is 14.5 Å². The van der Waals surface area contributed by atoms with E-state index < -0.39 is 5.82 Å². The van der Waals surface area contributed by atoms with Gasteiger partial charge in [0.2, 0.25) is 0 Å². The van der Waals surface area contributed by atoms with E-state index in [9.17, 15) is 9.65 Å². The van der Waals surface area contributed by atoms with Crippen molar-refractivity contribution in [1.29, 1.82) is 5.26 Å². The molecule has 1 fully saturated rings. The molecule has 2 heterocycles. The number of hydrogen-bond donors (Lipinski definition) is 0. The van der Waals surface area contributed by atoms with E-state index in [2.05, 4.69) is 22.9 Å². The molecule has 142 valence electrons. The van der Waals surface area contributed by atoms with Crippen LogP contribution in [0.1, 0.15) is 5.56 Å². The van der Waals surface area contributed by atoms with Crippen LogP contribution in [0.15, 0.2) is 42.6 Å². The second kappa shape index (κ2) is 7.45. The van der Waals surface area contributed by atoms with E-state index in [0.29, 0.717) is 22.4 Å². The molecule has 28 heavy (non-hydrogen) atoms. The van der Waals surface area contributed by atoms with Crippen molar-refractivity contribution < 1.29 is 9.13 Å². The first-order valence-corrected chi connectivity index (χ1v) is 9.21. The van der Waals surface area contributed by atoms with Gasteiger partial charge in [0.15, 0.2) is 0 Å². The molecule has 1 aliphatic heterocycles. The fourth-order valence-corrected chi connectivity index (χ4v) is 3.70. The van der Waals surface area contributed by atoms with Crippen LogP contribution in [0.5, 0.6) is 5.75 Å². The SMILES string of the molecule is COc1ccc(-c2cnc(N3CCN(C)CC3)c3cccc(C#N)c23)c(F)c1.